The molecule has 5 nitrogen and oxygen atoms in total. The zero-order valence-corrected chi connectivity index (χ0v) is 14.3. The molecule has 0 aliphatic heterocycles. The summed E-state index contributed by atoms with van der Waals surface area (Å²) in [5.74, 6) is 0.463. The molecule has 1 atom stereocenters. The van der Waals surface area contributed by atoms with E-state index in [9.17, 15) is 4.79 Å². The zero-order valence-electron chi connectivity index (χ0n) is 13.6. The number of aromatic nitrogens is 3. The second-order valence-corrected chi connectivity index (χ2v) is 5.85. The first kappa shape index (κ1) is 18.2. The second-order valence-electron chi connectivity index (χ2n) is 5.41. The van der Waals surface area contributed by atoms with Crippen molar-refractivity contribution in [2.75, 3.05) is 0 Å². The number of carbonyl (C=O) groups excluding carboxylic acids is 1. The lowest BCUT2D eigenvalue weighted by Gasteiger charge is -2.25. The summed E-state index contributed by atoms with van der Waals surface area (Å²) >= 11 is 5.83. The Kier molecular flexibility index (Phi) is 6.56. The van der Waals surface area contributed by atoms with Gasteiger partial charge in [-0.25, -0.2) is 9.67 Å². The molecular weight excluding hydrogens is 302 g/mol. The Balaban J connectivity index is 0.00000116. The van der Waals surface area contributed by atoms with Crippen LogP contribution in [0.1, 0.15) is 40.8 Å². The second kappa shape index (κ2) is 7.94. The van der Waals surface area contributed by atoms with E-state index in [0.29, 0.717) is 10.8 Å². The summed E-state index contributed by atoms with van der Waals surface area (Å²) in [6.45, 7) is 9.51. The van der Waals surface area contributed by atoms with Crippen molar-refractivity contribution < 1.29 is 9.53 Å². The summed E-state index contributed by atoms with van der Waals surface area (Å²) in [4.78, 5) is 16.4. The van der Waals surface area contributed by atoms with E-state index < -0.39 is 11.6 Å². The molecule has 0 aliphatic rings. The summed E-state index contributed by atoms with van der Waals surface area (Å²) in [7, 11) is 0. The van der Waals surface area contributed by atoms with E-state index in [1.165, 1.54) is 17.3 Å². The molecular formula is C16H22ClN3O2. The SMILES string of the molecule is CC.CC(C)(C)C(=O)C(Oc1ccc(Cl)cc1)n1cncn1. The van der Waals surface area contributed by atoms with Crippen LogP contribution < -0.4 is 4.74 Å². The first-order valence-corrected chi connectivity index (χ1v) is 7.56. The Morgan fingerprint density at radius 1 is 1.23 bits per heavy atom. The van der Waals surface area contributed by atoms with Gasteiger partial charge in [-0.05, 0) is 24.3 Å². The minimum absolute atomic E-state index is 0.0852. The van der Waals surface area contributed by atoms with Crippen molar-refractivity contribution in [3.05, 3.63) is 41.9 Å². The van der Waals surface area contributed by atoms with Gasteiger partial charge in [0.2, 0.25) is 5.78 Å². The third-order valence-electron chi connectivity index (χ3n) is 2.70. The number of rotatable bonds is 4. The Bertz CT molecular complexity index is 574. The van der Waals surface area contributed by atoms with Crippen molar-refractivity contribution in [3.8, 4) is 5.75 Å². The molecule has 2 aromatic rings. The van der Waals surface area contributed by atoms with Crippen molar-refractivity contribution in [3.63, 3.8) is 0 Å². The van der Waals surface area contributed by atoms with Crippen molar-refractivity contribution in [2.45, 2.75) is 40.8 Å². The zero-order chi connectivity index (χ0) is 16.8. The highest BCUT2D eigenvalue weighted by molar-refractivity contribution is 6.30. The van der Waals surface area contributed by atoms with Crippen LogP contribution in [-0.4, -0.2) is 20.5 Å². The van der Waals surface area contributed by atoms with E-state index in [1.807, 2.05) is 34.6 Å². The normalized spacial score (nSPS) is 12.1. The Labute approximate surface area is 136 Å². The van der Waals surface area contributed by atoms with Gasteiger partial charge in [0.05, 0.1) is 0 Å². The van der Waals surface area contributed by atoms with Crippen molar-refractivity contribution in [1.82, 2.24) is 14.8 Å². The van der Waals surface area contributed by atoms with Gasteiger partial charge in [-0.1, -0.05) is 46.2 Å². The van der Waals surface area contributed by atoms with Crippen molar-refractivity contribution in [2.24, 2.45) is 5.41 Å². The molecule has 0 fully saturated rings. The fourth-order valence-corrected chi connectivity index (χ4v) is 1.70. The standard InChI is InChI=1S/C14H16ClN3O2.C2H6/c1-14(2,3)12(19)13(18-9-16-8-17-18)20-11-6-4-10(15)5-7-11;1-2/h4-9,13H,1-3H3;1-2H3. The van der Waals surface area contributed by atoms with Gasteiger partial charge in [0.1, 0.15) is 18.4 Å². The van der Waals surface area contributed by atoms with E-state index >= 15 is 0 Å². The number of halogens is 1. The van der Waals surface area contributed by atoms with E-state index in [-0.39, 0.29) is 5.78 Å². The predicted molar refractivity (Wildman–Crippen MR) is 86.9 cm³/mol. The number of nitrogens with zero attached hydrogens (tertiary/aromatic N) is 3. The summed E-state index contributed by atoms with van der Waals surface area (Å²) in [5, 5.41) is 4.61. The minimum Gasteiger partial charge on any atom is -0.461 e. The van der Waals surface area contributed by atoms with Crippen LogP contribution in [0, 0.1) is 5.41 Å². The van der Waals surface area contributed by atoms with Crippen LogP contribution in [0.3, 0.4) is 0 Å². The lowest BCUT2D eigenvalue weighted by molar-refractivity contribution is -0.138. The van der Waals surface area contributed by atoms with Crippen molar-refractivity contribution >= 4 is 17.4 Å². The highest BCUT2D eigenvalue weighted by atomic mass is 35.5. The molecule has 1 aromatic heterocycles. The van der Waals surface area contributed by atoms with Crippen LogP contribution in [0.2, 0.25) is 5.02 Å². The molecule has 0 spiro atoms. The Hall–Kier alpha value is -1.88. The maximum absolute atomic E-state index is 12.5. The topological polar surface area (TPSA) is 57.0 Å². The molecule has 120 valence electrons. The number of carbonyl (C=O) groups is 1. The van der Waals surface area contributed by atoms with Gasteiger partial charge in [-0.3, -0.25) is 4.79 Å². The Morgan fingerprint density at radius 3 is 2.27 bits per heavy atom. The van der Waals surface area contributed by atoms with E-state index in [1.54, 1.807) is 24.3 Å². The minimum atomic E-state index is -0.848. The fourth-order valence-electron chi connectivity index (χ4n) is 1.58. The lowest BCUT2D eigenvalue weighted by atomic mass is 9.90. The maximum atomic E-state index is 12.5. The summed E-state index contributed by atoms with van der Waals surface area (Å²) in [6.07, 6.45) is 1.98. The summed E-state index contributed by atoms with van der Waals surface area (Å²) < 4.78 is 7.16. The van der Waals surface area contributed by atoms with Gasteiger partial charge in [-0.2, -0.15) is 5.10 Å². The molecule has 0 amide bonds. The number of Topliss-reactive ketones (excluding diaryl/α,β-unsaturated/α-hetero) is 1. The van der Waals surface area contributed by atoms with Crippen LogP contribution in [0.25, 0.3) is 0 Å². The van der Waals surface area contributed by atoms with Gasteiger partial charge >= 0.3 is 0 Å². The smallest absolute Gasteiger partial charge is 0.252 e. The average molecular weight is 324 g/mol. The van der Waals surface area contributed by atoms with Crippen LogP contribution >= 0.6 is 11.6 Å². The molecule has 2 rings (SSSR count). The lowest BCUT2D eigenvalue weighted by Crippen LogP contribution is -2.34. The first-order chi connectivity index (χ1) is 10.4. The molecule has 0 aliphatic carbocycles. The van der Waals surface area contributed by atoms with Gasteiger partial charge in [0, 0.05) is 10.4 Å². The van der Waals surface area contributed by atoms with Crippen LogP contribution in [0.5, 0.6) is 5.75 Å². The molecule has 1 unspecified atom stereocenters. The first-order valence-electron chi connectivity index (χ1n) is 7.18. The monoisotopic (exact) mass is 323 g/mol. The molecule has 1 heterocycles. The third-order valence-corrected chi connectivity index (χ3v) is 2.95. The van der Waals surface area contributed by atoms with Gasteiger partial charge in [0.15, 0.2) is 0 Å². The highest BCUT2D eigenvalue weighted by Gasteiger charge is 2.33. The highest BCUT2D eigenvalue weighted by Crippen LogP contribution is 2.26. The fraction of sp³-hybridized carbons (Fsp3) is 0.438. The Morgan fingerprint density at radius 2 is 1.82 bits per heavy atom. The molecule has 0 saturated heterocycles. The maximum Gasteiger partial charge on any atom is 0.252 e. The van der Waals surface area contributed by atoms with Gasteiger partial charge in [0.25, 0.3) is 6.23 Å². The summed E-state index contributed by atoms with van der Waals surface area (Å²) in [5.41, 5.74) is -0.553. The van der Waals surface area contributed by atoms with Crippen LogP contribution in [0.15, 0.2) is 36.9 Å². The quantitative estimate of drug-likeness (QED) is 0.848. The average Bonchev–Trinajstić information content (AvgIpc) is 3.01. The molecule has 0 N–H and O–H groups in total. The van der Waals surface area contributed by atoms with E-state index in [2.05, 4.69) is 10.1 Å². The van der Waals surface area contributed by atoms with Crippen LogP contribution in [0.4, 0.5) is 0 Å². The van der Waals surface area contributed by atoms with E-state index in [0.717, 1.165) is 0 Å². The number of ether oxygens (including phenoxy) is 1. The van der Waals surface area contributed by atoms with Crippen molar-refractivity contribution in [1.29, 1.82) is 0 Å². The molecule has 0 bridgehead atoms. The largest absolute Gasteiger partial charge is 0.461 e. The predicted octanol–water partition coefficient (Wildman–Crippen LogP) is 4.15. The number of benzene rings is 1. The molecule has 0 radical (unpaired) electrons. The van der Waals surface area contributed by atoms with Gasteiger partial charge in [-0.15, -0.1) is 0 Å². The molecule has 22 heavy (non-hydrogen) atoms. The van der Waals surface area contributed by atoms with Gasteiger partial charge < -0.3 is 4.74 Å². The summed E-state index contributed by atoms with van der Waals surface area (Å²) in [6, 6.07) is 6.83. The number of hydrogen-bond donors (Lipinski definition) is 0. The molecule has 1 aromatic carbocycles. The number of ketones is 1. The van der Waals surface area contributed by atoms with Crippen LogP contribution in [-0.2, 0) is 4.79 Å². The van der Waals surface area contributed by atoms with E-state index in [4.69, 9.17) is 16.3 Å². The molecule has 0 saturated carbocycles. The molecule has 6 heteroatoms. The third kappa shape index (κ3) is 4.84. The number of hydrogen-bond acceptors (Lipinski definition) is 4.